The molecule has 0 aliphatic heterocycles. The number of nitrogen functional groups attached to an aromatic ring is 1. The molecule has 1 aromatic rings. The average molecular weight is 265 g/mol. The second kappa shape index (κ2) is 6.36. The summed E-state index contributed by atoms with van der Waals surface area (Å²) in [6.07, 6.45) is 0.700. The molecule has 0 aromatic carbocycles. The van der Waals surface area contributed by atoms with Crippen LogP contribution in [-0.2, 0) is 11.2 Å². The number of anilines is 2. The van der Waals surface area contributed by atoms with Crippen molar-refractivity contribution in [1.29, 1.82) is 0 Å². The van der Waals surface area contributed by atoms with E-state index in [2.05, 4.69) is 20.6 Å². The number of nitrogens with one attached hydrogen (secondary N) is 2. The highest BCUT2D eigenvalue weighted by Gasteiger charge is 2.16. The quantitative estimate of drug-likeness (QED) is 0.745. The van der Waals surface area contributed by atoms with Crippen LogP contribution in [0, 0.1) is 6.92 Å². The molecule has 1 atom stereocenters. The van der Waals surface area contributed by atoms with Gasteiger partial charge in [-0.05, 0) is 27.7 Å². The molecule has 4 N–H and O–H groups in total. The molecule has 1 rings (SSSR count). The predicted octanol–water partition coefficient (Wildman–Crippen LogP) is 1.25. The van der Waals surface area contributed by atoms with Crippen LogP contribution in [0.3, 0.4) is 0 Å². The second-order valence-corrected chi connectivity index (χ2v) is 4.88. The highest BCUT2D eigenvalue weighted by molar-refractivity contribution is 5.84. The van der Waals surface area contributed by atoms with Crippen LogP contribution < -0.4 is 16.4 Å². The lowest BCUT2D eigenvalue weighted by molar-refractivity contribution is -0.122. The van der Waals surface area contributed by atoms with Gasteiger partial charge < -0.3 is 16.4 Å². The summed E-state index contributed by atoms with van der Waals surface area (Å²) in [7, 11) is 0. The molecule has 0 radical (unpaired) electrons. The molecule has 1 aromatic heterocycles. The minimum Gasteiger partial charge on any atom is -0.383 e. The van der Waals surface area contributed by atoms with Crippen molar-refractivity contribution in [3.05, 3.63) is 11.4 Å². The van der Waals surface area contributed by atoms with Crippen molar-refractivity contribution in [2.24, 2.45) is 0 Å². The van der Waals surface area contributed by atoms with E-state index in [1.54, 1.807) is 6.92 Å². The summed E-state index contributed by atoms with van der Waals surface area (Å²) in [5.41, 5.74) is 6.60. The third kappa shape index (κ3) is 4.08. The number of rotatable bonds is 5. The van der Waals surface area contributed by atoms with Crippen molar-refractivity contribution in [3.8, 4) is 0 Å². The lowest BCUT2D eigenvalue weighted by atomic mass is 10.2. The van der Waals surface area contributed by atoms with E-state index in [-0.39, 0.29) is 18.0 Å². The third-order valence-corrected chi connectivity index (χ3v) is 2.72. The van der Waals surface area contributed by atoms with Gasteiger partial charge in [-0.2, -0.15) is 0 Å². The van der Waals surface area contributed by atoms with Crippen LogP contribution in [0.2, 0.25) is 0 Å². The number of nitrogens with zero attached hydrogens (tertiary/aromatic N) is 2. The molecular weight excluding hydrogens is 242 g/mol. The zero-order chi connectivity index (χ0) is 14.6. The molecular formula is C13H23N5O. The number of aryl methyl sites for hydroxylation is 1. The van der Waals surface area contributed by atoms with Gasteiger partial charge in [0, 0.05) is 18.0 Å². The largest absolute Gasteiger partial charge is 0.383 e. The fraction of sp³-hybridized carbons (Fsp3) is 0.615. The number of amides is 1. The average Bonchev–Trinajstić information content (AvgIpc) is 2.33. The van der Waals surface area contributed by atoms with Crippen LogP contribution in [0.25, 0.3) is 0 Å². The molecule has 0 saturated heterocycles. The molecule has 0 saturated carbocycles. The topological polar surface area (TPSA) is 92.9 Å². The first-order valence-corrected chi connectivity index (χ1v) is 6.55. The molecule has 19 heavy (non-hydrogen) atoms. The number of hydrogen-bond donors (Lipinski definition) is 3. The first-order valence-electron chi connectivity index (χ1n) is 6.55. The Bertz CT molecular complexity index is 459. The van der Waals surface area contributed by atoms with Crippen LogP contribution in [0.4, 0.5) is 11.6 Å². The molecule has 0 spiro atoms. The summed E-state index contributed by atoms with van der Waals surface area (Å²) < 4.78 is 0. The summed E-state index contributed by atoms with van der Waals surface area (Å²) in [6.45, 7) is 9.44. The van der Waals surface area contributed by atoms with Gasteiger partial charge in [0.05, 0.1) is 0 Å². The van der Waals surface area contributed by atoms with E-state index in [0.29, 0.717) is 23.9 Å². The zero-order valence-electron chi connectivity index (χ0n) is 12.2. The lowest BCUT2D eigenvalue weighted by Crippen LogP contribution is -2.41. The fourth-order valence-electron chi connectivity index (χ4n) is 1.56. The first kappa shape index (κ1) is 15.2. The van der Waals surface area contributed by atoms with Gasteiger partial charge in [0.25, 0.3) is 0 Å². The van der Waals surface area contributed by atoms with Crippen molar-refractivity contribution >= 4 is 17.5 Å². The summed E-state index contributed by atoms with van der Waals surface area (Å²) in [4.78, 5) is 20.4. The normalized spacial score (nSPS) is 12.3. The highest BCUT2D eigenvalue weighted by atomic mass is 16.2. The van der Waals surface area contributed by atoms with Gasteiger partial charge in [-0.15, -0.1) is 0 Å². The van der Waals surface area contributed by atoms with Crippen LogP contribution in [0.1, 0.15) is 39.1 Å². The Balaban J connectivity index is 2.87. The van der Waals surface area contributed by atoms with Crippen molar-refractivity contribution < 1.29 is 4.79 Å². The molecule has 106 valence electrons. The zero-order valence-corrected chi connectivity index (χ0v) is 12.2. The molecule has 6 nitrogen and oxygen atoms in total. The van der Waals surface area contributed by atoms with Crippen molar-refractivity contribution in [1.82, 2.24) is 15.3 Å². The fourth-order valence-corrected chi connectivity index (χ4v) is 1.56. The minimum atomic E-state index is -0.375. The van der Waals surface area contributed by atoms with Gasteiger partial charge >= 0.3 is 0 Å². The van der Waals surface area contributed by atoms with E-state index in [0.717, 1.165) is 5.56 Å². The molecule has 0 bridgehead atoms. The molecule has 6 heteroatoms. The molecule has 1 unspecified atom stereocenters. The molecule has 1 heterocycles. The SMILES string of the molecule is CCc1nc(N)c(C)c(NC(C)C(=O)NC(C)C)n1. The van der Waals surface area contributed by atoms with E-state index < -0.39 is 0 Å². The number of nitrogens with two attached hydrogens (primary N) is 1. The van der Waals surface area contributed by atoms with Crippen LogP contribution >= 0.6 is 0 Å². The Hall–Kier alpha value is -1.85. The third-order valence-electron chi connectivity index (χ3n) is 2.72. The number of aromatic nitrogens is 2. The van der Waals surface area contributed by atoms with E-state index in [1.165, 1.54) is 0 Å². The van der Waals surface area contributed by atoms with Gasteiger partial charge in [0.1, 0.15) is 23.5 Å². The molecule has 0 aliphatic carbocycles. The van der Waals surface area contributed by atoms with Gasteiger partial charge in [0.2, 0.25) is 5.91 Å². The van der Waals surface area contributed by atoms with E-state index in [4.69, 9.17) is 5.73 Å². The summed E-state index contributed by atoms with van der Waals surface area (Å²) in [5, 5.41) is 5.94. The van der Waals surface area contributed by atoms with Crippen molar-refractivity contribution in [3.63, 3.8) is 0 Å². The summed E-state index contributed by atoms with van der Waals surface area (Å²) in [5.74, 6) is 1.67. The van der Waals surface area contributed by atoms with Crippen LogP contribution in [0.15, 0.2) is 0 Å². The summed E-state index contributed by atoms with van der Waals surface area (Å²) >= 11 is 0. The predicted molar refractivity (Wildman–Crippen MR) is 76.9 cm³/mol. The number of carbonyl (C=O) groups excluding carboxylic acids is 1. The Labute approximate surface area is 114 Å². The number of hydrogen-bond acceptors (Lipinski definition) is 5. The van der Waals surface area contributed by atoms with Gasteiger partial charge in [0.15, 0.2) is 0 Å². The van der Waals surface area contributed by atoms with Crippen molar-refractivity contribution in [2.45, 2.75) is 53.1 Å². The summed E-state index contributed by atoms with van der Waals surface area (Å²) in [6, 6.07) is -0.264. The Kier molecular flexibility index (Phi) is 5.09. The molecule has 1 amide bonds. The Morgan fingerprint density at radius 3 is 2.47 bits per heavy atom. The van der Waals surface area contributed by atoms with Crippen LogP contribution in [0.5, 0.6) is 0 Å². The van der Waals surface area contributed by atoms with E-state index >= 15 is 0 Å². The standard InChI is InChI=1S/C13H23N5O/c1-6-10-17-11(14)8(4)12(18-10)16-9(5)13(19)15-7(2)3/h7,9H,6H2,1-5H3,(H,15,19)(H3,14,16,17,18). The van der Waals surface area contributed by atoms with Gasteiger partial charge in [-0.25, -0.2) is 9.97 Å². The first-order chi connectivity index (χ1) is 8.85. The molecule has 0 aliphatic rings. The maximum Gasteiger partial charge on any atom is 0.242 e. The second-order valence-electron chi connectivity index (χ2n) is 4.88. The smallest absolute Gasteiger partial charge is 0.242 e. The monoisotopic (exact) mass is 265 g/mol. The van der Waals surface area contributed by atoms with Crippen molar-refractivity contribution in [2.75, 3.05) is 11.1 Å². The number of carbonyl (C=O) groups is 1. The lowest BCUT2D eigenvalue weighted by Gasteiger charge is -2.18. The van der Waals surface area contributed by atoms with Gasteiger partial charge in [-0.1, -0.05) is 6.92 Å². The van der Waals surface area contributed by atoms with E-state index in [1.807, 2.05) is 27.7 Å². The Morgan fingerprint density at radius 1 is 1.32 bits per heavy atom. The molecule has 0 fully saturated rings. The maximum absolute atomic E-state index is 11.9. The van der Waals surface area contributed by atoms with Gasteiger partial charge in [-0.3, -0.25) is 4.79 Å². The van der Waals surface area contributed by atoms with Crippen LogP contribution in [-0.4, -0.2) is 28.0 Å². The Morgan fingerprint density at radius 2 is 1.95 bits per heavy atom. The van der Waals surface area contributed by atoms with E-state index in [9.17, 15) is 4.79 Å². The maximum atomic E-state index is 11.9. The highest BCUT2D eigenvalue weighted by Crippen LogP contribution is 2.18. The minimum absolute atomic E-state index is 0.0652.